The lowest BCUT2D eigenvalue weighted by Crippen LogP contribution is -1.86. The largest absolute Gasteiger partial charge is 0.478 e. The Hall–Kier alpha value is -1.84. The molecule has 0 rings (SSSR count). The second-order valence-corrected chi connectivity index (χ2v) is 13.0. The Kier molecular flexibility index (Phi) is 35.8. The number of rotatable bonds is 36. The van der Waals surface area contributed by atoms with Crippen molar-refractivity contribution in [2.24, 2.45) is 0 Å². The molecule has 0 heterocycles. The molecule has 0 aromatic rings. The summed E-state index contributed by atoms with van der Waals surface area (Å²) in [6.45, 7) is 0. The molecule has 2 N–H and O–H groups in total. The number of carbonyl (C=O) groups is 2. The molecule has 0 spiro atoms. The van der Waals surface area contributed by atoms with Crippen molar-refractivity contribution in [2.45, 2.75) is 205 Å². The Bertz CT molecular complexity index is 693. The Morgan fingerprint density at radius 1 is 0.273 bits per heavy atom. The Morgan fingerprint density at radius 3 is 0.614 bits per heavy atom. The van der Waals surface area contributed by atoms with Crippen LogP contribution in [0.3, 0.4) is 0 Å². The molecule has 0 saturated carbocycles. The van der Waals surface area contributed by atoms with Crippen molar-refractivity contribution in [1.82, 2.24) is 0 Å². The molecule has 0 aromatic heterocycles. The Balaban J connectivity index is 3.12. The molecule has 0 radical (unpaired) electrons. The average Bonchev–Trinajstić information content (AvgIpc) is 3.00. The molecule has 0 unspecified atom stereocenters. The summed E-state index contributed by atoms with van der Waals surface area (Å²) >= 11 is 0. The van der Waals surface area contributed by atoms with Gasteiger partial charge in [0, 0.05) is 12.2 Å². The Morgan fingerprint density at radius 2 is 0.432 bits per heavy atom. The average molecular weight is 617 g/mol. The van der Waals surface area contributed by atoms with Gasteiger partial charge in [-0.25, -0.2) is 9.59 Å². The summed E-state index contributed by atoms with van der Waals surface area (Å²) in [6.07, 6.45) is 53.1. The summed E-state index contributed by atoms with van der Waals surface area (Å²) in [5.74, 6) is -1.68. The lowest BCUT2D eigenvalue weighted by molar-refractivity contribution is -0.132. The maximum absolute atomic E-state index is 10.4. The number of hydrogen-bond donors (Lipinski definition) is 2. The van der Waals surface area contributed by atoms with Crippen LogP contribution in [-0.4, -0.2) is 22.2 Å². The molecule has 0 aromatic carbocycles. The molecule has 4 heteroatoms. The monoisotopic (exact) mass is 617 g/mol. The lowest BCUT2D eigenvalue weighted by atomic mass is 10.0. The summed E-state index contributed by atoms with van der Waals surface area (Å²) in [5.41, 5.74) is 0. The molecule has 0 atom stereocenters. The minimum absolute atomic E-state index is 0.835. The molecule has 0 aliphatic rings. The fourth-order valence-corrected chi connectivity index (χ4v) is 5.90. The minimum atomic E-state index is -0.843. The van der Waals surface area contributed by atoms with Crippen LogP contribution in [0.2, 0.25) is 0 Å². The van der Waals surface area contributed by atoms with Crippen LogP contribution >= 0.6 is 0 Å². The number of carboxylic acids is 2. The van der Waals surface area contributed by atoms with Crippen molar-refractivity contribution in [3.8, 4) is 0 Å². The van der Waals surface area contributed by atoms with Gasteiger partial charge < -0.3 is 10.2 Å². The van der Waals surface area contributed by atoms with Gasteiger partial charge in [-0.1, -0.05) is 178 Å². The van der Waals surface area contributed by atoms with Crippen LogP contribution in [0.4, 0.5) is 0 Å². The maximum atomic E-state index is 10.4. The van der Waals surface area contributed by atoms with E-state index in [0.29, 0.717) is 0 Å². The highest BCUT2D eigenvalue weighted by atomic mass is 16.4. The fourth-order valence-electron chi connectivity index (χ4n) is 5.90. The third-order valence-corrected chi connectivity index (χ3v) is 8.67. The van der Waals surface area contributed by atoms with Crippen molar-refractivity contribution in [3.63, 3.8) is 0 Å². The van der Waals surface area contributed by atoms with Crippen LogP contribution in [0, 0.1) is 0 Å². The maximum Gasteiger partial charge on any atom is 0.327 e. The normalized spacial score (nSPS) is 11.9. The summed E-state index contributed by atoms with van der Waals surface area (Å²) in [7, 11) is 0. The first kappa shape index (κ1) is 42.2. The van der Waals surface area contributed by atoms with Crippen LogP contribution < -0.4 is 0 Å². The van der Waals surface area contributed by atoms with Crippen LogP contribution in [0.15, 0.2) is 36.5 Å². The van der Waals surface area contributed by atoms with Gasteiger partial charge in [-0.3, -0.25) is 0 Å². The van der Waals surface area contributed by atoms with E-state index >= 15 is 0 Å². The van der Waals surface area contributed by atoms with Gasteiger partial charge >= 0.3 is 11.9 Å². The van der Waals surface area contributed by atoms with Gasteiger partial charge in [0.1, 0.15) is 0 Å². The lowest BCUT2D eigenvalue weighted by Gasteiger charge is -2.04. The van der Waals surface area contributed by atoms with Crippen LogP contribution in [0.5, 0.6) is 0 Å². The quantitative estimate of drug-likeness (QED) is 0.0417. The van der Waals surface area contributed by atoms with Crippen molar-refractivity contribution in [3.05, 3.63) is 36.5 Å². The van der Waals surface area contributed by atoms with Crippen molar-refractivity contribution in [1.29, 1.82) is 0 Å². The van der Waals surface area contributed by atoms with Crippen LogP contribution in [-0.2, 0) is 9.59 Å². The number of unbranched alkanes of at least 4 members (excludes halogenated alkanes) is 30. The highest BCUT2D eigenvalue weighted by molar-refractivity contribution is 5.79. The molecule has 0 fully saturated rings. The second kappa shape index (κ2) is 37.3. The first-order valence-electron chi connectivity index (χ1n) is 19.1. The van der Waals surface area contributed by atoms with Gasteiger partial charge in [0.2, 0.25) is 0 Å². The molecular weight excluding hydrogens is 544 g/mol. The van der Waals surface area contributed by atoms with E-state index in [1.54, 1.807) is 12.2 Å². The van der Waals surface area contributed by atoms with Gasteiger partial charge in [-0.15, -0.1) is 0 Å². The Labute approximate surface area is 273 Å². The third-order valence-electron chi connectivity index (χ3n) is 8.67. The van der Waals surface area contributed by atoms with E-state index in [9.17, 15) is 9.59 Å². The molecule has 256 valence electrons. The number of hydrogen-bond acceptors (Lipinski definition) is 2. The first-order chi connectivity index (χ1) is 21.6. The zero-order chi connectivity index (χ0) is 32.0. The molecular formula is C40H72O4. The van der Waals surface area contributed by atoms with Crippen LogP contribution in [0.25, 0.3) is 0 Å². The highest BCUT2D eigenvalue weighted by Crippen LogP contribution is 2.16. The number of aliphatic carboxylic acids is 2. The third kappa shape index (κ3) is 40.2. The summed E-state index contributed by atoms with van der Waals surface area (Å²) in [5, 5.41) is 17.1. The van der Waals surface area contributed by atoms with Gasteiger partial charge in [0.15, 0.2) is 0 Å². The van der Waals surface area contributed by atoms with Gasteiger partial charge in [-0.2, -0.15) is 0 Å². The molecule has 0 aliphatic heterocycles. The summed E-state index contributed by atoms with van der Waals surface area (Å²) in [6, 6.07) is 0. The van der Waals surface area contributed by atoms with E-state index in [0.717, 1.165) is 25.7 Å². The van der Waals surface area contributed by atoms with E-state index in [4.69, 9.17) is 10.2 Å². The highest BCUT2D eigenvalue weighted by Gasteiger charge is 1.97. The van der Waals surface area contributed by atoms with Gasteiger partial charge in [0.25, 0.3) is 0 Å². The minimum Gasteiger partial charge on any atom is -0.478 e. The van der Waals surface area contributed by atoms with Crippen molar-refractivity contribution in [2.75, 3.05) is 0 Å². The second-order valence-electron chi connectivity index (χ2n) is 13.0. The predicted molar refractivity (Wildman–Crippen MR) is 190 cm³/mol. The van der Waals surface area contributed by atoms with Crippen molar-refractivity contribution >= 4 is 11.9 Å². The number of allylic oxidation sites excluding steroid dienone is 4. The molecule has 44 heavy (non-hydrogen) atoms. The predicted octanol–water partition coefficient (Wildman–Crippen LogP) is 13.3. The van der Waals surface area contributed by atoms with Gasteiger partial charge in [-0.05, 0) is 51.4 Å². The van der Waals surface area contributed by atoms with E-state index in [2.05, 4.69) is 12.2 Å². The van der Waals surface area contributed by atoms with E-state index < -0.39 is 11.9 Å². The van der Waals surface area contributed by atoms with Crippen molar-refractivity contribution < 1.29 is 19.8 Å². The molecule has 0 aliphatic carbocycles. The topological polar surface area (TPSA) is 74.6 Å². The standard InChI is InChI=1S/C40H72O4/c41-39(42)37-35-33-31-29-27-25-23-21-19-17-15-13-11-9-7-5-3-1-2-4-6-8-10-12-14-16-18-20-22-24-26-28-30-32-34-36-38-40(43)44/h19,21,35-38H,1-18,20,22-34H2,(H,41,42)(H,43,44). The zero-order valence-corrected chi connectivity index (χ0v) is 28.8. The van der Waals surface area contributed by atoms with E-state index in [1.165, 1.54) is 192 Å². The van der Waals surface area contributed by atoms with E-state index in [-0.39, 0.29) is 0 Å². The summed E-state index contributed by atoms with van der Waals surface area (Å²) < 4.78 is 0. The van der Waals surface area contributed by atoms with Gasteiger partial charge in [0.05, 0.1) is 0 Å². The number of carboxylic acid groups (broad SMARTS) is 2. The summed E-state index contributed by atoms with van der Waals surface area (Å²) in [4.78, 5) is 20.8. The molecule has 0 bridgehead atoms. The molecule has 0 amide bonds. The molecule has 0 saturated heterocycles. The van der Waals surface area contributed by atoms with Crippen LogP contribution in [0.1, 0.15) is 205 Å². The molecule has 4 nitrogen and oxygen atoms in total. The SMILES string of the molecule is O=C(O)C=CCCCCCCC=CCCCCCCCCCCCCCCCCCCCCCCCCCCC=CC(=O)O. The zero-order valence-electron chi connectivity index (χ0n) is 28.8. The first-order valence-corrected chi connectivity index (χ1v) is 19.1. The fraction of sp³-hybridized carbons (Fsp3) is 0.800. The van der Waals surface area contributed by atoms with E-state index in [1.807, 2.05) is 0 Å². The smallest absolute Gasteiger partial charge is 0.327 e.